The lowest BCUT2D eigenvalue weighted by atomic mass is 10.1. The van der Waals surface area contributed by atoms with Gasteiger partial charge < -0.3 is 19.7 Å². The van der Waals surface area contributed by atoms with Crippen molar-refractivity contribution in [3.05, 3.63) is 35.4 Å². The summed E-state index contributed by atoms with van der Waals surface area (Å²) in [6, 6.07) is 5.48. The van der Waals surface area contributed by atoms with Crippen LogP contribution in [0.2, 0.25) is 0 Å². The summed E-state index contributed by atoms with van der Waals surface area (Å²) >= 11 is 0. The lowest BCUT2D eigenvalue weighted by molar-refractivity contribution is 0.0651. The van der Waals surface area contributed by atoms with Crippen LogP contribution in [0.5, 0.6) is 0 Å². The van der Waals surface area contributed by atoms with E-state index in [4.69, 9.17) is 19.7 Å². The molecule has 0 spiro atoms. The minimum Gasteiger partial charge on any atom is -0.478 e. The number of hydrogen-bond acceptors (Lipinski definition) is 4. The number of ether oxygens (including phenoxy) is 2. The van der Waals surface area contributed by atoms with Crippen LogP contribution >= 0.6 is 0 Å². The van der Waals surface area contributed by atoms with Crippen molar-refractivity contribution < 1.29 is 29.3 Å². The van der Waals surface area contributed by atoms with E-state index < -0.39 is 11.9 Å². The van der Waals surface area contributed by atoms with E-state index in [-0.39, 0.29) is 11.1 Å². The Morgan fingerprint density at radius 3 is 1.90 bits per heavy atom. The van der Waals surface area contributed by atoms with Gasteiger partial charge in [0.05, 0.1) is 24.3 Å². The first-order valence-corrected chi connectivity index (χ1v) is 6.66. The number of carboxylic acid groups (broad SMARTS) is 2. The molecule has 1 rings (SSSR count). The molecule has 0 saturated heterocycles. The highest BCUT2D eigenvalue weighted by Crippen LogP contribution is 2.07. The van der Waals surface area contributed by atoms with Gasteiger partial charge in [-0.3, -0.25) is 0 Å². The zero-order chi connectivity index (χ0) is 16.1. The molecule has 0 fully saturated rings. The molecule has 2 N–H and O–H groups in total. The maximum atomic E-state index is 10.5. The van der Waals surface area contributed by atoms with Crippen molar-refractivity contribution in [2.45, 2.75) is 19.8 Å². The third kappa shape index (κ3) is 8.78. The lowest BCUT2D eigenvalue weighted by Crippen LogP contribution is -2.06. The molecule has 6 nitrogen and oxygen atoms in total. The Labute approximate surface area is 124 Å². The van der Waals surface area contributed by atoms with Crippen LogP contribution in [0, 0.1) is 0 Å². The lowest BCUT2D eigenvalue weighted by Gasteiger charge is -2.00. The second kappa shape index (κ2) is 11.9. The molecule has 0 amide bonds. The number of carboxylic acids is 2. The van der Waals surface area contributed by atoms with Gasteiger partial charge >= 0.3 is 11.9 Å². The van der Waals surface area contributed by atoms with E-state index in [2.05, 4.69) is 6.92 Å². The molecule has 0 heterocycles. The molecule has 1 aromatic rings. The summed E-state index contributed by atoms with van der Waals surface area (Å²) in [4.78, 5) is 20.9. The molecule has 6 heteroatoms. The predicted molar refractivity (Wildman–Crippen MR) is 78.0 cm³/mol. The maximum absolute atomic E-state index is 10.5. The molecular weight excluding hydrogens is 276 g/mol. The van der Waals surface area contributed by atoms with Crippen molar-refractivity contribution >= 4 is 11.9 Å². The van der Waals surface area contributed by atoms with Crippen LogP contribution in [-0.2, 0) is 9.47 Å². The largest absolute Gasteiger partial charge is 0.478 e. The number of methoxy groups -OCH3 is 1. The van der Waals surface area contributed by atoms with Crippen LogP contribution in [0.1, 0.15) is 40.5 Å². The predicted octanol–water partition coefficient (Wildman–Crippen LogP) is 2.53. The molecule has 0 bridgehead atoms. The highest BCUT2D eigenvalue weighted by molar-refractivity contribution is 6.01. The van der Waals surface area contributed by atoms with Crippen molar-refractivity contribution in [2.75, 3.05) is 26.9 Å². The molecule has 0 aliphatic carbocycles. The average molecular weight is 298 g/mol. The summed E-state index contributed by atoms with van der Waals surface area (Å²) in [5.41, 5.74) is -0.380. The Hall–Kier alpha value is -1.92. The van der Waals surface area contributed by atoms with Gasteiger partial charge in [-0.05, 0) is 18.6 Å². The third-order valence-electron chi connectivity index (χ3n) is 2.46. The first-order chi connectivity index (χ1) is 10.0. The number of benzene rings is 1. The summed E-state index contributed by atoms with van der Waals surface area (Å²) in [5, 5.41) is 17.1. The van der Waals surface area contributed by atoms with E-state index >= 15 is 0 Å². The van der Waals surface area contributed by atoms with E-state index in [9.17, 15) is 9.59 Å². The smallest absolute Gasteiger partial charge is 0.336 e. The third-order valence-corrected chi connectivity index (χ3v) is 2.46. The van der Waals surface area contributed by atoms with Gasteiger partial charge in [0.1, 0.15) is 0 Å². The van der Waals surface area contributed by atoms with Crippen molar-refractivity contribution in [1.82, 2.24) is 0 Å². The Kier molecular flexibility index (Phi) is 10.8. The number of carbonyl (C=O) groups is 2. The average Bonchev–Trinajstić information content (AvgIpc) is 2.48. The molecular formula is C15H22O6. The van der Waals surface area contributed by atoms with E-state index in [1.807, 2.05) is 0 Å². The van der Waals surface area contributed by atoms with Crippen molar-refractivity contribution in [2.24, 2.45) is 0 Å². The van der Waals surface area contributed by atoms with Crippen molar-refractivity contribution in [3.63, 3.8) is 0 Å². The minimum atomic E-state index is -1.23. The molecule has 0 radical (unpaired) electrons. The fourth-order valence-corrected chi connectivity index (χ4v) is 1.35. The standard InChI is InChI=1S/C8H6O4.C7H16O2/c9-7(10)5-3-1-2-4-6(5)8(11)12;1-3-4-5-9-7-6-8-2/h1-4H,(H,9,10)(H,11,12);3-7H2,1-2H3. The SMILES string of the molecule is CCCCOCCOC.O=C(O)c1ccccc1C(=O)O. The van der Waals surface area contributed by atoms with Gasteiger partial charge in [-0.1, -0.05) is 25.5 Å². The van der Waals surface area contributed by atoms with Crippen molar-refractivity contribution in [1.29, 1.82) is 0 Å². The molecule has 1 aromatic carbocycles. The van der Waals surface area contributed by atoms with Gasteiger partial charge in [0, 0.05) is 13.7 Å². The Morgan fingerprint density at radius 1 is 1.00 bits per heavy atom. The van der Waals surface area contributed by atoms with Crippen molar-refractivity contribution in [3.8, 4) is 0 Å². The second-order valence-corrected chi connectivity index (χ2v) is 4.11. The number of rotatable bonds is 8. The fourth-order valence-electron chi connectivity index (χ4n) is 1.35. The molecule has 118 valence electrons. The fraction of sp³-hybridized carbons (Fsp3) is 0.467. The second-order valence-electron chi connectivity index (χ2n) is 4.11. The monoisotopic (exact) mass is 298 g/mol. The van der Waals surface area contributed by atoms with E-state index in [1.165, 1.54) is 30.7 Å². The number of unbranched alkanes of at least 4 members (excludes halogenated alkanes) is 1. The minimum absolute atomic E-state index is 0.190. The van der Waals surface area contributed by atoms with Crippen LogP contribution in [-0.4, -0.2) is 49.1 Å². The summed E-state index contributed by atoms with van der Waals surface area (Å²) in [7, 11) is 1.68. The molecule has 0 atom stereocenters. The molecule has 21 heavy (non-hydrogen) atoms. The van der Waals surface area contributed by atoms with Gasteiger partial charge in [0.25, 0.3) is 0 Å². The van der Waals surface area contributed by atoms with E-state index in [0.717, 1.165) is 19.6 Å². The maximum Gasteiger partial charge on any atom is 0.336 e. The summed E-state index contributed by atoms with van der Waals surface area (Å²) in [6.07, 6.45) is 2.36. The van der Waals surface area contributed by atoms with Gasteiger partial charge in [0.15, 0.2) is 0 Å². The zero-order valence-corrected chi connectivity index (χ0v) is 12.4. The first kappa shape index (κ1) is 19.1. The zero-order valence-electron chi connectivity index (χ0n) is 12.4. The quantitative estimate of drug-likeness (QED) is 0.716. The molecule has 0 aliphatic rings. The van der Waals surface area contributed by atoms with Crippen LogP contribution in [0.3, 0.4) is 0 Å². The Balaban J connectivity index is 0.000000400. The molecule has 0 aromatic heterocycles. The first-order valence-electron chi connectivity index (χ1n) is 6.66. The van der Waals surface area contributed by atoms with Gasteiger partial charge in [-0.25, -0.2) is 9.59 Å². The van der Waals surface area contributed by atoms with Gasteiger partial charge in [-0.2, -0.15) is 0 Å². The normalized spacial score (nSPS) is 9.62. The van der Waals surface area contributed by atoms with Crippen LogP contribution in [0.15, 0.2) is 24.3 Å². The van der Waals surface area contributed by atoms with Gasteiger partial charge in [0.2, 0.25) is 0 Å². The highest BCUT2D eigenvalue weighted by Gasteiger charge is 2.13. The number of hydrogen-bond donors (Lipinski definition) is 2. The van der Waals surface area contributed by atoms with Gasteiger partial charge in [-0.15, -0.1) is 0 Å². The van der Waals surface area contributed by atoms with Crippen LogP contribution in [0.25, 0.3) is 0 Å². The Morgan fingerprint density at radius 2 is 1.52 bits per heavy atom. The molecule has 0 unspecified atom stereocenters. The Bertz CT molecular complexity index is 391. The number of aromatic carboxylic acids is 2. The van der Waals surface area contributed by atoms with Crippen LogP contribution < -0.4 is 0 Å². The highest BCUT2D eigenvalue weighted by atomic mass is 16.5. The molecule has 0 saturated carbocycles. The molecule has 0 aliphatic heterocycles. The van der Waals surface area contributed by atoms with Crippen LogP contribution in [0.4, 0.5) is 0 Å². The summed E-state index contributed by atoms with van der Waals surface area (Å²) in [5.74, 6) is -2.46. The summed E-state index contributed by atoms with van der Waals surface area (Å²) < 4.78 is 9.99. The topological polar surface area (TPSA) is 93.1 Å². The van der Waals surface area contributed by atoms with E-state index in [1.54, 1.807) is 7.11 Å². The summed E-state index contributed by atoms with van der Waals surface area (Å²) in [6.45, 7) is 4.47. The van der Waals surface area contributed by atoms with E-state index in [0.29, 0.717) is 6.61 Å².